The molecule has 0 aromatic carbocycles. The molecule has 0 fully saturated rings. The van der Waals surface area contributed by atoms with Crippen molar-refractivity contribution in [3.05, 3.63) is 11.8 Å². The van der Waals surface area contributed by atoms with E-state index in [1.807, 2.05) is 13.8 Å². The molecule has 0 saturated carbocycles. The van der Waals surface area contributed by atoms with Crippen molar-refractivity contribution in [1.29, 1.82) is 5.41 Å². The van der Waals surface area contributed by atoms with Crippen molar-refractivity contribution in [3.63, 3.8) is 0 Å². The zero-order chi connectivity index (χ0) is 11.4. The second kappa shape index (κ2) is 5.01. The summed E-state index contributed by atoms with van der Waals surface area (Å²) in [4.78, 5) is 8.70. The molecule has 0 aromatic rings. The Bertz CT molecular complexity index is 348. The molecule has 3 nitrogen and oxygen atoms in total. The number of hydrogen-bond acceptors (Lipinski definition) is 2. The third kappa shape index (κ3) is 3.78. The van der Waals surface area contributed by atoms with Gasteiger partial charge in [0.05, 0.1) is 11.4 Å². The molecule has 0 spiro atoms. The van der Waals surface area contributed by atoms with E-state index in [2.05, 4.69) is 23.0 Å². The van der Waals surface area contributed by atoms with Crippen molar-refractivity contribution in [1.82, 2.24) is 0 Å². The van der Waals surface area contributed by atoms with Gasteiger partial charge in [-0.2, -0.15) is 0 Å². The minimum absolute atomic E-state index is 0.356. The maximum Gasteiger partial charge on any atom is 0.117 e. The van der Waals surface area contributed by atoms with Crippen LogP contribution in [-0.4, -0.2) is 17.3 Å². The summed E-state index contributed by atoms with van der Waals surface area (Å²) in [6.45, 7) is 7.87. The SMILES string of the molecule is CC(=N)N=C1CCC(C)/C=C(/C)N=C1C. The zero-order valence-corrected chi connectivity index (χ0v) is 9.96. The highest BCUT2D eigenvalue weighted by Gasteiger charge is 2.10. The molecule has 1 aliphatic rings. The van der Waals surface area contributed by atoms with E-state index in [1.165, 1.54) is 0 Å². The lowest BCUT2D eigenvalue weighted by Gasteiger charge is -2.13. The normalized spacial score (nSPS) is 28.8. The smallest absolute Gasteiger partial charge is 0.117 e. The minimum atomic E-state index is 0.356. The largest absolute Gasteiger partial charge is 0.287 e. The fraction of sp³-hybridized carbons (Fsp3) is 0.583. The van der Waals surface area contributed by atoms with Crippen LogP contribution in [0.2, 0.25) is 0 Å². The molecule has 82 valence electrons. The predicted molar refractivity (Wildman–Crippen MR) is 66.1 cm³/mol. The van der Waals surface area contributed by atoms with Crippen LogP contribution >= 0.6 is 0 Å². The predicted octanol–water partition coefficient (Wildman–Crippen LogP) is 3.22. The van der Waals surface area contributed by atoms with Crippen molar-refractivity contribution >= 4 is 17.3 Å². The van der Waals surface area contributed by atoms with Gasteiger partial charge in [0.25, 0.3) is 0 Å². The van der Waals surface area contributed by atoms with Crippen molar-refractivity contribution < 1.29 is 0 Å². The lowest BCUT2D eigenvalue weighted by molar-refractivity contribution is 0.663. The van der Waals surface area contributed by atoms with Crippen molar-refractivity contribution in [2.75, 3.05) is 0 Å². The molecule has 15 heavy (non-hydrogen) atoms. The van der Waals surface area contributed by atoms with Gasteiger partial charge in [-0.05, 0) is 39.5 Å². The molecule has 1 aliphatic heterocycles. The van der Waals surface area contributed by atoms with Crippen LogP contribution in [0, 0.1) is 11.3 Å². The average Bonchev–Trinajstić information content (AvgIpc) is 2.09. The molecular formula is C12H19N3. The Morgan fingerprint density at radius 1 is 1.53 bits per heavy atom. The van der Waals surface area contributed by atoms with Crippen molar-refractivity contribution in [3.8, 4) is 0 Å². The molecular weight excluding hydrogens is 186 g/mol. The maximum atomic E-state index is 7.39. The highest BCUT2D eigenvalue weighted by atomic mass is 14.9. The molecule has 3 heteroatoms. The topological polar surface area (TPSA) is 48.6 Å². The van der Waals surface area contributed by atoms with Gasteiger partial charge < -0.3 is 0 Å². The van der Waals surface area contributed by atoms with E-state index in [-0.39, 0.29) is 0 Å². The summed E-state index contributed by atoms with van der Waals surface area (Å²) >= 11 is 0. The van der Waals surface area contributed by atoms with Crippen molar-refractivity contribution in [2.45, 2.75) is 40.5 Å². The number of nitrogens with zero attached hydrogens (tertiary/aromatic N) is 2. The van der Waals surface area contributed by atoms with Gasteiger partial charge in [-0.1, -0.05) is 13.0 Å². The van der Waals surface area contributed by atoms with Gasteiger partial charge in [-0.3, -0.25) is 10.4 Å². The van der Waals surface area contributed by atoms with E-state index in [9.17, 15) is 0 Å². The van der Waals surface area contributed by atoms with Crippen LogP contribution in [0.25, 0.3) is 0 Å². The number of nitrogens with one attached hydrogen (secondary N) is 1. The maximum absolute atomic E-state index is 7.39. The van der Waals surface area contributed by atoms with Crippen LogP contribution < -0.4 is 0 Å². The van der Waals surface area contributed by atoms with Gasteiger partial charge in [0, 0.05) is 5.70 Å². The van der Waals surface area contributed by atoms with Crippen LogP contribution in [0.15, 0.2) is 21.8 Å². The van der Waals surface area contributed by atoms with Crippen LogP contribution in [0.3, 0.4) is 0 Å². The highest BCUT2D eigenvalue weighted by molar-refractivity contribution is 6.43. The quantitative estimate of drug-likeness (QED) is 0.466. The summed E-state index contributed by atoms with van der Waals surface area (Å²) in [6.07, 6.45) is 4.18. The molecule has 0 saturated heterocycles. The average molecular weight is 205 g/mol. The summed E-state index contributed by atoms with van der Waals surface area (Å²) in [5.74, 6) is 0.896. The second-order valence-corrected chi connectivity index (χ2v) is 4.17. The fourth-order valence-electron chi connectivity index (χ4n) is 1.75. The van der Waals surface area contributed by atoms with E-state index in [0.29, 0.717) is 11.8 Å². The number of rotatable bonds is 0. The van der Waals surface area contributed by atoms with Gasteiger partial charge in [0.15, 0.2) is 0 Å². The Morgan fingerprint density at radius 2 is 2.20 bits per heavy atom. The first-order valence-corrected chi connectivity index (χ1v) is 5.36. The van der Waals surface area contributed by atoms with Crippen LogP contribution in [-0.2, 0) is 0 Å². The first-order valence-electron chi connectivity index (χ1n) is 5.36. The summed E-state index contributed by atoms with van der Waals surface area (Å²) in [6, 6.07) is 0. The summed E-state index contributed by atoms with van der Waals surface area (Å²) in [5, 5.41) is 7.39. The molecule has 1 heterocycles. The van der Waals surface area contributed by atoms with Gasteiger partial charge >= 0.3 is 0 Å². The number of allylic oxidation sites excluding steroid dienone is 2. The molecule has 0 amide bonds. The van der Waals surface area contributed by atoms with Gasteiger partial charge in [0.2, 0.25) is 0 Å². The monoisotopic (exact) mass is 205 g/mol. The molecule has 1 atom stereocenters. The van der Waals surface area contributed by atoms with Crippen LogP contribution in [0.5, 0.6) is 0 Å². The summed E-state index contributed by atoms with van der Waals surface area (Å²) in [5.41, 5.74) is 2.96. The molecule has 1 N–H and O–H groups in total. The molecule has 1 unspecified atom stereocenters. The molecule has 0 bridgehead atoms. The lowest BCUT2D eigenvalue weighted by Crippen LogP contribution is -2.15. The highest BCUT2D eigenvalue weighted by Crippen LogP contribution is 2.15. The minimum Gasteiger partial charge on any atom is -0.287 e. The Balaban J connectivity index is 3.02. The van der Waals surface area contributed by atoms with Crippen LogP contribution in [0.4, 0.5) is 0 Å². The molecule has 1 rings (SSSR count). The Morgan fingerprint density at radius 3 is 2.80 bits per heavy atom. The Kier molecular flexibility index (Phi) is 3.95. The van der Waals surface area contributed by atoms with Crippen molar-refractivity contribution in [2.24, 2.45) is 15.9 Å². The van der Waals surface area contributed by atoms with E-state index in [0.717, 1.165) is 30.0 Å². The van der Waals surface area contributed by atoms with Gasteiger partial charge in [-0.15, -0.1) is 0 Å². The van der Waals surface area contributed by atoms with Gasteiger partial charge in [0.1, 0.15) is 5.84 Å². The first kappa shape index (κ1) is 11.8. The van der Waals surface area contributed by atoms with E-state index >= 15 is 0 Å². The number of hydrogen-bond donors (Lipinski definition) is 1. The first-order chi connectivity index (χ1) is 6.99. The number of aliphatic imine (C=N–C) groups is 2. The van der Waals surface area contributed by atoms with Gasteiger partial charge in [-0.25, -0.2) is 4.99 Å². The lowest BCUT2D eigenvalue weighted by atomic mass is 9.99. The fourth-order valence-corrected chi connectivity index (χ4v) is 1.75. The molecule has 0 aromatic heterocycles. The van der Waals surface area contributed by atoms with E-state index in [1.54, 1.807) is 6.92 Å². The Labute approximate surface area is 91.5 Å². The Hall–Kier alpha value is -1.25. The van der Waals surface area contributed by atoms with E-state index < -0.39 is 0 Å². The van der Waals surface area contributed by atoms with E-state index in [4.69, 9.17) is 5.41 Å². The molecule has 0 aliphatic carbocycles. The third-order valence-electron chi connectivity index (χ3n) is 2.43. The standard InChI is InChI=1S/C12H19N3/c1-8-5-6-12(15-11(4)13)10(3)14-9(2)7-8/h7-8,13H,5-6H2,1-4H3/b9-7-,13-11?,14-10?,15-12?. The third-order valence-corrected chi connectivity index (χ3v) is 2.43. The summed E-state index contributed by atoms with van der Waals surface area (Å²) < 4.78 is 0. The van der Waals surface area contributed by atoms with Crippen LogP contribution in [0.1, 0.15) is 40.5 Å². The number of amidine groups is 1. The molecule has 0 radical (unpaired) electrons. The summed E-state index contributed by atoms with van der Waals surface area (Å²) in [7, 11) is 0. The second-order valence-electron chi connectivity index (χ2n) is 4.17. The zero-order valence-electron chi connectivity index (χ0n) is 9.96.